The smallest absolute Gasteiger partial charge is 0.159 e. The Balaban J connectivity index is 0.824. The van der Waals surface area contributed by atoms with Gasteiger partial charge in [-0.3, -0.25) is 0 Å². The number of nitrogens with zero attached hydrogens (tertiary/aromatic N) is 1. The average Bonchev–Trinajstić information content (AvgIpc) is 1.67. The second kappa shape index (κ2) is 21.4. The zero-order valence-corrected chi connectivity index (χ0v) is 55.1. The SMILES string of the molecule is Cc1cc(-c2ccccc2)ccc1N(c1ccc2cc1C1=C(c3c(C)c4c(c(C)c3-2)CC2CC3c5ccccc5SC3c3c(C(C5=CC(c6ccccc6)=CCC5C)c5cccc6c5oc5ccccc56)ccc-4c32)C2C=CC=CC2S1)c1cccc2c1oc1ccccc12. The summed E-state index contributed by atoms with van der Waals surface area (Å²) in [5.41, 5.74) is 36.0. The van der Waals surface area contributed by atoms with Crippen LogP contribution in [0.25, 0.3) is 93.3 Å². The van der Waals surface area contributed by atoms with Gasteiger partial charge in [0, 0.05) is 76.4 Å². The molecule has 0 saturated heterocycles. The van der Waals surface area contributed by atoms with Crippen LogP contribution < -0.4 is 4.90 Å². The van der Waals surface area contributed by atoms with Gasteiger partial charge < -0.3 is 13.7 Å². The maximum absolute atomic E-state index is 7.16. The van der Waals surface area contributed by atoms with E-state index in [-0.39, 0.29) is 22.3 Å². The molecule has 0 spiro atoms. The molecular formula is C90H67NO2S2. The van der Waals surface area contributed by atoms with Crippen molar-refractivity contribution in [1.82, 2.24) is 0 Å². The molecule has 4 heterocycles. The third-order valence-corrected chi connectivity index (χ3v) is 25.4. The number of hydrogen-bond acceptors (Lipinski definition) is 5. The summed E-state index contributed by atoms with van der Waals surface area (Å²) in [6.45, 7) is 9.74. The van der Waals surface area contributed by atoms with Crippen molar-refractivity contribution in [3.63, 3.8) is 0 Å². The number of furan rings is 2. The van der Waals surface area contributed by atoms with Crippen molar-refractivity contribution in [1.29, 1.82) is 0 Å². The summed E-state index contributed by atoms with van der Waals surface area (Å²) in [7, 11) is 0. The highest BCUT2D eigenvalue weighted by molar-refractivity contribution is 8.09. The van der Waals surface area contributed by atoms with Crippen LogP contribution in [0.2, 0.25) is 0 Å². The first-order valence-corrected chi connectivity index (χ1v) is 35.8. The van der Waals surface area contributed by atoms with Crippen LogP contribution in [0.5, 0.6) is 0 Å². The summed E-state index contributed by atoms with van der Waals surface area (Å²) in [6, 6.07) is 81.8. The van der Waals surface area contributed by atoms with E-state index in [0.29, 0.717) is 17.8 Å². The molecular weight excluding hydrogens is 1190 g/mol. The van der Waals surface area contributed by atoms with Gasteiger partial charge in [-0.2, -0.15) is 0 Å². The Labute approximate surface area is 562 Å². The van der Waals surface area contributed by atoms with Gasteiger partial charge in [0.05, 0.1) is 11.4 Å². The Bertz CT molecular complexity index is 5630. The second-order valence-corrected chi connectivity index (χ2v) is 29.9. The van der Waals surface area contributed by atoms with Gasteiger partial charge in [0.15, 0.2) is 5.58 Å². The number of rotatable bonds is 8. The van der Waals surface area contributed by atoms with Crippen molar-refractivity contribution in [2.75, 3.05) is 4.90 Å². The Morgan fingerprint density at radius 2 is 1.21 bits per heavy atom. The molecule has 7 atom stereocenters. The number of thioether (sulfide) groups is 2. The van der Waals surface area contributed by atoms with Gasteiger partial charge in [-0.15, -0.1) is 23.5 Å². The zero-order valence-electron chi connectivity index (χ0n) is 53.5. The molecule has 2 aromatic heterocycles. The molecule has 5 heteroatoms. The fraction of sp³-hybridized carbons (Fsp3) is 0.156. The summed E-state index contributed by atoms with van der Waals surface area (Å²) in [4.78, 5) is 5.33. The minimum Gasteiger partial charge on any atom is -0.456 e. The first-order valence-electron chi connectivity index (χ1n) is 34.0. The van der Waals surface area contributed by atoms with Gasteiger partial charge in [0.2, 0.25) is 0 Å². The van der Waals surface area contributed by atoms with Gasteiger partial charge in [-0.1, -0.05) is 219 Å². The zero-order chi connectivity index (χ0) is 62.9. The molecule has 7 aliphatic rings. The van der Waals surface area contributed by atoms with Crippen LogP contribution in [-0.4, -0.2) is 5.25 Å². The number of para-hydroxylation sites is 4. The standard InChI is InChI=1S/C90H67NO2S2/c1-50-37-38-57(55-23-9-6-10-24-55)46-69(50)84(68-31-19-29-63-60-25-11-15-33-76(60)92-87(63)68)67-42-41-66-81-53(4)82-80(52(3)70(81)48-59-49-71-62-27-13-17-35-78(62)94-89(71)86(67)83(59)66)58-40-44-74(72(47-58)90-85(82)65-28-14-18-36-79(65)95-90)91(73-43-39-56(45-51(73)2)54-21-7-5-8-22-54)75-32-20-30-64-61-26-12-16-34-77(61)93-88(64)75/h5-36,38-47,50,59,65,71,79,84,89H,37,48-49H2,1-4H3. The maximum atomic E-state index is 7.16. The number of benzene rings is 11. The third-order valence-electron chi connectivity index (χ3n) is 22.5. The Kier molecular flexibility index (Phi) is 12.5. The average molecular weight is 1260 g/mol. The first-order chi connectivity index (χ1) is 46.8. The Hall–Kier alpha value is -9.78. The summed E-state index contributed by atoms with van der Waals surface area (Å²) in [5, 5.41) is 5.09. The predicted molar refractivity (Wildman–Crippen MR) is 400 cm³/mol. The van der Waals surface area contributed by atoms with Crippen LogP contribution in [0.1, 0.15) is 110 Å². The monoisotopic (exact) mass is 1260 g/mol. The van der Waals surface area contributed by atoms with Crippen LogP contribution in [0.4, 0.5) is 17.1 Å². The molecule has 2 aliphatic heterocycles. The molecule has 20 rings (SSSR count). The van der Waals surface area contributed by atoms with Gasteiger partial charge in [0.25, 0.3) is 0 Å². The largest absolute Gasteiger partial charge is 0.456 e. The number of fused-ring (bicyclic) bond motifs is 20. The van der Waals surface area contributed by atoms with Crippen molar-refractivity contribution < 1.29 is 8.83 Å². The number of aryl methyl sites for hydroxylation is 1. The lowest BCUT2D eigenvalue weighted by Crippen LogP contribution is -2.27. The van der Waals surface area contributed by atoms with E-state index in [9.17, 15) is 0 Å². The van der Waals surface area contributed by atoms with Crippen LogP contribution >= 0.6 is 23.5 Å². The molecule has 3 nitrogen and oxygen atoms in total. The van der Waals surface area contributed by atoms with E-state index in [2.05, 4.69) is 311 Å². The second-order valence-electron chi connectivity index (χ2n) is 27.6. The summed E-state index contributed by atoms with van der Waals surface area (Å²) in [5.74, 6) is 1.12. The lowest BCUT2D eigenvalue weighted by atomic mass is 9.62. The lowest BCUT2D eigenvalue weighted by molar-refractivity contribution is 0.480. The van der Waals surface area contributed by atoms with Crippen molar-refractivity contribution in [3.8, 4) is 33.4 Å². The first kappa shape index (κ1) is 55.7. The summed E-state index contributed by atoms with van der Waals surface area (Å²) in [6.07, 6.45) is 17.7. The molecule has 95 heavy (non-hydrogen) atoms. The van der Waals surface area contributed by atoms with E-state index in [1.54, 1.807) is 11.1 Å². The van der Waals surface area contributed by atoms with Crippen molar-refractivity contribution >= 4 is 101 Å². The van der Waals surface area contributed by atoms with E-state index in [4.69, 9.17) is 8.83 Å². The third kappa shape index (κ3) is 8.28. The van der Waals surface area contributed by atoms with E-state index in [0.717, 1.165) is 69.4 Å². The Morgan fingerprint density at radius 3 is 2.02 bits per heavy atom. The normalized spacial score (nSPS) is 20.4. The molecule has 11 aromatic carbocycles. The van der Waals surface area contributed by atoms with Gasteiger partial charge in [0.1, 0.15) is 16.7 Å². The van der Waals surface area contributed by atoms with Crippen molar-refractivity contribution in [3.05, 3.63) is 327 Å². The molecule has 5 aliphatic carbocycles. The molecule has 0 saturated carbocycles. The topological polar surface area (TPSA) is 29.5 Å². The van der Waals surface area contributed by atoms with E-state index < -0.39 is 0 Å². The van der Waals surface area contributed by atoms with E-state index in [1.165, 1.54) is 126 Å². The van der Waals surface area contributed by atoms with Crippen LogP contribution in [-0.2, 0) is 6.42 Å². The van der Waals surface area contributed by atoms with Crippen molar-refractivity contribution in [2.24, 2.45) is 11.8 Å². The molecule has 7 unspecified atom stereocenters. The number of anilines is 3. The highest BCUT2D eigenvalue weighted by Gasteiger charge is 2.49. The highest BCUT2D eigenvalue weighted by Crippen LogP contribution is 2.68. The van der Waals surface area contributed by atoms with Crippen LogP contribution in [0, 0.1) is 32.6 Å². The van der Waals surface area contributed by atoms with Gasteiger partial charge in [-0.25, -0.2) is 0 Å². The molecule has 2 bridgehead atoms. The minimum absolute atomic E-state index is 0.0576. The quantitative estimate of drug-likeness (QED) is 0.151. The lowest BCUT2D eigenvalue weighted by Gasteiger charge is -2.43. The summed E-state index contributed by atoms with van der Waals surface area (Å²) < 4.78 is 14.2. The van der Waals surface area contributed by atoms with Gasteiger partial charge >= 0.3 is 0 Å². The predicted octanol–water partition coefficient (Wildman–Crippen LogP) is 25.1. The minimum atomic E-state index is -0.0576. The molecule has 0 amide bonds. The van der Waals surface area contributed by atoms with Crippen LogP contribution in [0.3, 0.4) is 0 Å². The van der Waals surface area contributed by atoms with E-state index >= 15 is 0 Å². The fourth-order valence-corrected chi connectivity index (χ4v) is 21.4. The molecule has 13 aromatic rings. The maximum Gasteiger partial charge on any atom is 0.159 e. The fourth-order valence-electron chi connectivity index (χ4n) is 18.3. The summed E-state index contributed by atoms with van der Waals surface area (Å²) >= 11 is 4.19. The molecule has 0 N–H and O–H groups in total. The highest BCUT2D eigenvalue weighted by atomic mass is 32.2. The number of allylic oxidation sites excluding steroid dienone is 8. The number of hydrogen-bond donors (Lipinski definition) is 0. The van der Waals surface area contributed by atoms with E-state index in [1.807, 2.05) is 0 Å². The van der Waals surface area contributed by atoms with Gasteiger partial charge in [-0.05, 0) is 201 Å². The molecule has 0 fully saturated rings. The molecule has 0 radical (unpaired) electrons. The molecule has 456 valence electrons. The van der Waals surface area contributed by atoms with Crippen LogP contribution in [0.15, 0.2) is 274 Å². The van der Waals surface area contributed by atoms with Crippen molar-refractivity contribution in [2.45, 2.75) is 80.1 Å². The Morgan fingerprint density at radius 1 is 0.516 bits per heavy atom.